The lowest BCUT2D eigenvalue weighted by atomic mass is 9.96. The van der Waals surface area contributed by atoms with E-state index in [1.807, 2.05) is 29.2 Å². The highest BCUT2D eigenvalue weighted by Gasteiger charge is 2.26. The van der Waals surface area contributed by atoms with Crippen LogP contribution in [0.3, 0.4) is 0 Å². The van der Waals surface area contributed by atoms with E-state index in [-0.39, 0.29) is 11.8 Å². The van der Waals surface area contributed by atoms with Gasteiger partial charge in [-0.1, -0.05) is 29.8 Å². The Hall–Kier alpha value is -2.79. The number of amides is 2. The lowest BCUT2D eigenvalue weighted by Gasteiger charge is -2.31. The highest BCUT2D eigenvalue weighted by atomic mass is 35.5. The summed E-state index contributed by atoms with van der Waals surface area (Å²) in [6, 6.07) is 16.3. The molecule has 0 spiro atoms. The summed E-state index contributed by atoms with van der Waals surface area (Å²) in [5, 5.41) is 4.52. The number of hydrogen-bond donors (Lipinski definition) is 1. The molecule has 3 aromatic rings. The van der Waals surface area contributed by atoms with Crippen LogP contribution >= 0.6 is 11.6 Å². The van der Waals surface area contributed by atoms with Gasteiger partial charge in [0.2, 0.25) is 0 Å². The van der Waals surface area contributed by atoms with Crippen LogP contribution in [-0.2, 0) is 0 Å². The summed E-state index contributed by atoms with van der Waals surface area (Å²) in [6.07, 6.45) is 1.71. The molecule has 2 aromatic carbocycles. The molecule has 1 N–H and O–H groups in total. The fourth-order valence-electron chi connectivity index (χ4n) is 3.52. The largest absolute Gasteiger partial charge is 0.451 e. The fourth-order valence-corrected chi connectivity index (χ4v) is 3.65. The number of fused-ring (bicyclic) bond motifs is 1. The number of hydrogen-bond acceptors (Lipinski definition) is 3. The van der Waals surface area contributed by atoms with Gasteiger partial charge in [0.25, 0.3) is 11.8 Å². The summed E-state index contributed by atoms with van der Waals surface area (Å²) in [7, 11) is 0. The van der Waals surface area contributed by atoms with Crippen LogP contribution in [0.1, 0.15) is 33.8 Å². The van der Waals surface area contributed by atoms with E-state index in [0.29, 0.717) is 41.9 Å². The molecule has 1 saturated heterocycles. The van der Waals surface area contributed by atoms with Crippen LogP contribution in [0.25, 0.3) is 11.0 Å². The number of piperidine rings is 1. The van der Waals surface area contributed by atoms with Crippen molar-refractivity contribution in [3.63, 3.8) is 0 Å². The van der Waals surface area contributed by atoms with E-state index >= 15 is 0 Å². The van der Waals surface area contributed by atoms with E-state index in [9.17, 15) is 9.59 Å². The molecular formula is C22H21ClN2O3. The summed E-state index contributed by atoms with van der Waals surface area (Å²) < 4.78 is 5.69. The van der Waals surface area contributed by atoms with Crippen molar-refractivity contribution in [2.75, 3.05) is 19.6 Å². The first-order chi connectivity index (χ1) is 13.6. The summed E-state index contributed by atoms with van der Waals surface area (Å²) in [5.74, 6) is 0.573. The van der Waals surface area contributed by atoms with Crippen LogP contribution in [0.4, 0.5) is 0 Å². The molecule has 1 aliphatic rings. The van der Waals surface area contributed by atoms with E-state index in [4.69, 9.17) is 16.0 Å². The Morgan fingerprint density at radius 1 is 1.07 bits per heavy atom. The topological polar surface area (TPSA) is 62.6 Å². The van der Waals surface area contributed by atoms with Crippen molar-refractivity contribution >= 4 is 34.4 Å². The van der Waals surface area contributed by atoms with Crippen LogP contribution in [0.2, 0.25) is 5.02 Å². The first-order valence-electron chi connectivity index (χ1n) is 9.42. The van der Waals surface area contributed by atoms with Gasteiger partial charge in [0.15, 0.2) is 5.76 Å². The molecule has 0 unspecified atom stereocenters. The van der Waals surface area contributed by atoms with Gasteiger partial charge in [-0.3, -0.25) is 9.59 Å². The van der Waals surface area contributed by atoms with Crippen LogP contribution in [0.15, 0.2) is 59.0 Å². The summed E-state index contributed by atoms with van der Waals surface area (Å²) in [5.41, 5.74) is 1.33. The number of carbonyl (C=O) groups is 2. The predicted octanol–water partition coefficient (Wildman–Crippen LogP) is 4.37. The standard InChI is InChI=1S/C22H21ClN2O3/c23-18-7-5-16(6-8-18)21(26)24-14-15-9-11-25(12-10-15)22(27)20-13-17-3-1-2-4-19(17)28-20/h1-8,13,15H,9-12,14H2,(H,24,26). The Kier molecular flexibility index (Phi) is 5.35. The smallest absolute Gasteiger partial charge is 0.289 e. The molecule has 2 amide bonds. The normalized spacial score (nSPS) is 15.0. The molecule has 0 atom stereocenters. The maximum absolute atomic E-state index is 12.7. The molecule has 0 bridgehead atoms. The minimum absolute atomic E-state index is 0.0696. The Morgan fingerprint density at radius 2 is 1.79 bits per heavy atom. The Balaban J connectivity index is 1.28. The SMILES string of the molecule is O=C(NCC1CCN(C(=O)c2cc3ccccc3o2)CC1)c1ccc(Cl)cc1. The summed E-state index contributed by atoms with van der Waals surface area (Å²) in [6.45, 7) is 1.93. The number of nitrogens with zero attached hydrogens (tertiary/aromatic N) is 1. The summed E-state index contributed by atoms with van der Waals surface area (Å²) >= 11 is 5.85. The molecule has 1 aliphatic heterocycles. The third-order valence-corrected chi connectivity index (χ3v) is 5.45. The van der Waals surface area contributed by atoms with Gasteiger partial charge in [-0.05, 0) is 55.2 Å². The molecular weight excluding hydrogens is 376 g/mol. The molecule has 1 fully saturated rings. The molecule has 0 radical (unpaired) electrons. The number of furan rings is 1. The number of rotatable bonds is 4. The van der Waals surface area contributed by atoms with Gasteiger partial charge < -0.3 is 14.6 Å². The van der Waals surface area contributed by atoms with Crippen molar-refractivity contribution in [1.82, 2.24) is 10.2 Å². The first kappa shape index (κ1) is 18.6. The van der Waals surface area contributed by atoms with Crippen molar-refractivity contribution in [1.29, 1.82) is 0 Å². The quantitative estimate of drug-likeness (QED) is 0.712. The summed E-state index contributed by atoms with van der Waals surface area (Å²) in [4.78, 5) is 26.7. The first-order valence-corrected chi connectivity index (χ1v) is 9.79. The Morgan fingerprint density at radius 3 is 2.50 bits per heavy atom. The number of para-hydroxylation sites is 1. The number of likely N-dealkylation sites (tertiary alicyclic amines) is 1. The average molecular weight is 397 g/mol. The molecule has 1 aromatic heterocycles. The lowest BCUT2D eigenvalue weighted by molar-refractivity contribution is 0.0655. The van der Waals surface area contributed by atoms with Crippen LogP contribution in [-0.4, -0.2) is 36.3 Å². The third kappa shape index (κ3) is 4.04. The van der Waals surface area contributed by atoms with E-state index in [0.717, 1.165) is 23.8 Å². The van der Waals surface area contributed by atoms with Gasteiger partial charge in [0.05, 0.1) is 0 Å². The van der Waals surface area contributed by atoms with Crippen LogP contribution in [0.5, 0.6) is 0 Å². The number of nitrogens with one attached hydrogen (secondary N) is 1. The predicted molar refractivity (Wildman–Crippen MR) is 109 cm³/mol. The monoisotopic (exact) mass is 396 g/mol. The van der Waals surface area contributed by atoms with E-state index in [1.165, 1.54) is 0 Å². The second-order valence-corrected chi connectivity index (χ2v) is 7.54. The molecule has 5 nitrogen and oxygen atoms in total. The minimum atomic E-state index is -0.0996. The van der Waals surface area contributed by atoms with Crippen molar-refractivity contribution in [2.24, 2.45) is 5.92 Å². The van der Waals surface area contributed by atoms with Gasteiger partial charge in [0.1, 0.15) is 5.58 Å². The van der Waals surface area contributed by atoms with Crippen molar-refractivity contribution in [2.45, 2.75) is 12.8 Å². The molecule has 4 rings (SSSR count). The molecule has 0 aliphatic carbocycles. The number of carbonyl (C=O) groups excluding carboxylic acids is 2. The van der Waals surface area contributed by atoms with Crippen molar-refractivity contribution in [3.05, 3.63) is 70.9 Å². The van der Waals surface area contributed by atoms with E-state index in [2.05, 4.69) is 5.32 Å². The highest BCUT2D eigenvalue weighted by molar-refractivity contribution is 6.30. The zero-order valence-electron chi connectivity index (χ0n) is 15.4. The van der Waals surface area contributed by atoms with Gasteiger partial charge in [0, 0.05) is 35.6 Å². The molecule has 6 heteroatoms. The molecule has 144 valence electrons. The molecule has 28 heavy (non-hydrogen) atoms. The molecule has 2 heterocycles. The minimum Gasteiger partial charge on any atom is -0.451 e. The van der Waals surface area contributed by atoms with Gasteiger partial charge >= 0.3 is 0 Å². The lowest BCUT2D eigenvalue weighted by Crippen LogP contribution is -2.41. The van der Waals surface area contributed by atoms with Gasteiger partial charge in [-0.25, -0.2) is 0 Å². The average Bonchev–Trinajstić information content (AvgIpc) is 3.16. The Bertz CT molecular complexity index is 955. The maximum Gasteiger partial charge on any atom is 0.289 e. The van der Waals surface area contributed by atoms with Crippen LogP contribution in [0, 0.1) is 5.92 Å². The second-order valence-electron chi connectivity index (χ2n) is 7.10. The zero-order valence-corrected chi connectivity index (χ0v) is 16.1. The fraction of sp³-hybridized carbons (Fsp3) is 0.273. The third-order valence-electron chi connectivity index (χ3n) is 5.20. The number of halogens is 1. The van der Waals surface area contributed by atoms with Crippen LogP contribution < -0.4 is 5.32 Å². The number of benzene rings is 2. The van der Waals surface area contributed by atoms with Gasteiger partial charge in [-0.2, -0.15) is 0 Å². The van der Waals surface area contributed by atoms with Gasteiger partial charge in [-0.15, -0.1) is 0 Å². The highest BCUT2D eigenvalue weighted by Crippen LogP contribution is 2.23. The van der Waals surface area contributed by atoms with E-state index in [1.54, 1.807) is 30.3 Å². The second kappa shape index (κ2) is 8.07. The Labute approximate surface area is 168 Å². The maximum atomic E-state index is 12.7. The zero-order chi connectivity index (χ0) is 19.5. The van der Waals surface area contributed by atoms with Crippen molar-refractivity contribution in [3.8, 4) is 0 Å². The van der Waals surface area contributed by atoms with Crippen molar-refractivity contribution < 1.29 is 14.0 Å². The van der Waals surface area contributed by atoms with E-state index < -0.39 is 0 Å². The molecule has 0 saturated carbocycles.